The second kappa shape index (κ2) is 9.41. The van der Waals surface area contributed by atoms with Crippen LogP contribution in [0.2, 0.25) is 0 Å². The van der Waals surface area contributed by atoms with Crippen LogP contribution in [0, 0.1) is 5.82 Å². The van der Waals surface area contributed by atoms with Gasteiger partial charge in [-0.15, -0.1) is 0 Å². The smallest absolute Gasteiger partial charge is 0.223 e. The van der Waals surface area contributed by atoms with Crippen LogP contribution in [-0.4, -0.2) is 41.0 Å². The average molecular weight is 412 g/mol. The van der Waals surface area contributed by atoms with Gasteiger partial charge in [0.1, 0.15) is 5.69 Å². The van der Waals surface area contributed by atoms with E-state index in [9.17, 15) is 9.18 Å². The van der Waals surface area contributed by atoms with Crippen molar-refractivity contribution in [1.82, 2.24) is 15.3 Å². The summed E-state index contributed by atoms with van der Waals surface area (Å²) in [6.07, 6.45) is 8.61. The predicted molar refractivity (Wildman–Crippen MR) is 117 cm³/mol. The lowest BCUT2D eigenvalue weighted by Gasteiger charge is -2.29. The number of carbonyl (C=O) groups excluding carboxylic acids is 1. The quantitative estimate of drug-likeness (QED) is 0.774. The van der Waals surface area contributed by atoms with Crippen LogP contribution in [0.25, 0.3) is 11.3 Å². The van der Waals surface area contributed by atoms with Crippen molar-refractivity contribution in [3.05, 3.63) is 36.3 Å². The Morgan fingerprint density at radius 1 is 1.10 bits per heavy atom. The Morgan fingerprint density at radius 2 is 1.83 bits per heavy atom. The monoisotopic (exact) mass is 411 g/mol. The number of carbonyl (C=O) groups is 1. The van der Waals surface area contributed by atoms with E-state index in [-0.39, 0.29) is 18.0 Å². The minimum absolute atomic E-state index is 0.0182. The van der Waals surface area contributed by atoms with E-state index >= 15 is 0 Å². The molecule has 2 fully saturated rings. The molecule has 160 valence electrons. The van der Waals surface area contributed by atoms with Gasteiger partial charge in [0.2, 0.25) is 11.9 Å². The van der Waals surface area contributed by atoms with Gasteiger partial charge >= 0.3 is 0 Å². The fourth-order valence-corrected chi connectivity index (χ4v) is 4.49. The van der Waals surface area contributed by atoms with Gasteiger partial charge in [0, 0.05) is 43.3 Å². The van der Waals surface area contributed by atoms with Gasteiger partial charge in [-0.2, -0.15) is 0 Å². The molecule has 2 aromatic rings. The highest BCUT2D eigenvalue weighted by molar-refractivity contribution is 5.73. The maximum atomic E-state index is 14.6. The van der Waals surface area contributed by atoms with Gasteiger partial charge in [-0.25, -0.2) is 14.4 Å². The molecule has 1 aromatic heterocycles. The van der Waals surface area contributed by atoms with Crippen molar-refractivity contribution in [1.29, 1.82) is 0 Å². The highest BCUT2D eigenvalue weighted by Crippen LogP contribution is 2.28. The zero-order valence-electron chi connectivity index (χ0n) is 17.5. The van der Waals surface area contributed by atoms with Crippen molar-refractivity contribution in [3.8, 4) is 11.3 Å². The van der Waals surface area contributed by atoms with Gasteiger partial charge in [-0.3, -0.25) is 4.79 Å². The molecule has 0 spiro atoms. The first-order valence-electron chi connectivity index (χ1n) is 11.0. The summed E-state index contributed by atoms with van der Waals surface area (Å²) in [5.41, 5.74) is 2.23. The van der Waals surface area contributed by atoms with Crippen LogP contribution in [0.5, 0.6) is 0 Å². The van der Waals surface area contributed by atoms with Gasteiger partial charge in [-0.05, 0) is 57.1 Å². The zero-order valence-corrected chi connectivity index (χ0v) is 17.5. The average Bonchev–Trinajstić information content (AvgIpc) is 2.77. The summed E-state index contributed by atoms with van der Waals surface area (Å²) < 4.78 is 14.6. The third-order valence-electron chi connectivity index (χ3n) is 6.05. The lowest BCUT2D eigenvalue weighted by Crippen LogP contribution is -2.39. The summed E-state index contributed by atoms with van der Waals surface area (Å²) in [6.45, 7) is 3.64. The van der Waals surface area contributed by atoms with Crippen LogP contribution >= 0.6 is 0 Å². The molecule has 1 aromatic carbocycles. The lowest BCUT2D eigenvalue weighted by atomic mass is 9.91. The highest BCUT2D eigenvalue weighted by atomic mass is 19.1. The van der Waals surface area contributed by atoms with Crippen molar-refractivity contribution >= 4 is 17.5 Å². The molecule has 1 saturated carbocycles. The Labute approximate surface area is 177 Å². The van der Waals surface area contributed by atoms with Crippen LogP contribution in [0.4, 0.5) is 16.0 Å². The van der Waals surface area contributed by atoms with E-state index < -0.39 is 5.82 Å². The molecule has 2 N–H and O–H groups in total. The molecule has 1 saturated heterocycles. The van der Waals surface area contributed by atoms with Crippen molar-refractivity contribution in [2.24, 2.45) is 0 Å². The summed E-state index contributed by atoms with van der Waals surface area (Å²) >= 11 is 0. The van der Waals surface area contributed by atoms with Crippen molar-refractivity contribution < 1.29 is 9.18 Å². The second-order valence-corrected chi connectivity index (χ2v) is 8.38. The summed E-state index contributed by atoms with van der Waals surface area (Å²) in [5.74, 6) is 0.0631. The molecular weight excluding hydrogens is 381 g/mol. The Morgan fingerprint density at radius 3 is 2.57 bits per heavy atom. The highest BCUT2D eigenvalue weighted by Gasteiger charge is 2.22. The fraction of sp³-hybridized carbons (Fsp3) is 0.522. The minimum Gasteiger partial charge on any atom is -0.372 e. The number of hydrogen-bond donors (Lipinski definition) is 2. The van der Waals surface area contributed by atoms with E-state index in [0.717, 1.165) is 50.0 Å². The number of benzene rings is 1. The van der Waals surface area contributed by atoms with Gasteiger partial charge in [-0.1, -0.05) is 12.1 Å². The summed E-state index contributed by atoms with van der Waals surface area (Å²) in [5, 5.41) is 6.34. The molecule has 0 radical (unpaired) electrons. The first-order valence-corrected chi connectivity index (χ1v) is 11.0. The number of piperidine rings is 1. The molecule has 0 unspecified atom stereocenters. The van der Waals surface area contributed by atoms with Crippen molar-refractivity contribution in [2.45, 2.75) is 64.0 Å². The van der Waals surface area contributed by atoms with Crippen LogP contribution in [0.1, 0.15) is 51.9 Å². The van der Waals surface area contributed by atoms with Gasteiger partial charge < -0.3 is 15.5 Å². The first-order chi connectivity index (χ1) is 14.6. The van der Waals surface area contributed by atoms with E-state index in [2.05, 4.69) is 31.6 Å². The summed E-state index contributed by atoms with van der Waals surface area (Å²) in [6, 6.07) is 8.45. The number of nitrogens with one attached hydrogen (secondary N) is 2. The van der Waals surface area contributed by atoms with E-state index in [4.69, 9.17) is 0 Å². The minimum atomic E-state index is -0.411. The Hall–Kier alpha value is -2.70. The normalized spacial score (nSPS) is 21.9. The first kappa shape index (κ1) is 20.6. The Balaban J connectivity index is 1.45. The van der Waals surface area contributed by atoms with E-state index in [1.807, 2.05) is 18.2 Å². The number of amides is 1. The van der Waals surface area contributed by atoms with E-state index in [0.29, 0.717) is 11.6 Å². The molecule has 4 rings (SSSR count). The molecule has 2 aliphatic rings. The molecule has 0 bridgehead atoms. The number of rotatable bonds is 5. The molecule has 2 heterocycles. The fourth-order valence-electron chi connectivity index (χ4n) is 4.49. The topological polar surface area (TPSA) is 70.2 Å². The van der Waals surface area contributed by atoms with E-state index in [1.165, 1.54) is 25.5 Å². The SMILES string of the molecule is CC(=O)NC1CCC(Nc2ncc(F)c(-c3cccc(N4CCCCC4)c3)n2)CC1. The molecule has 1 aliphatic heterocycles. The van der Waals surface area contributed by atoms with Gasteiger partial charge in [0.25, 0.3) is 0 Å². The molecule has 1 aliphatic carbocycles. The number of halogens is 1. The standard InChI is InChI=1S/C23H30FN5O/c1-16(30)26-18-8-10-19(11-9-18)27-23-25-15-21(24)22(28-23)17-6-5-7-20(14-17)29-12-3-2-4-13-29/h5-7,14-15,18-19H,2-4,8-13H2,1H3,(H,26,30)(H,25,27,28). The predicted octanol–water partition coefficient (Wildman–Crippen LogP) is 4.13. The maximum Gasteiger partial charge on any atom is 0.223 e. The van der Waals surface area contributed by atoms with Crippen LogP contribution in [-0.2, 0) is 4.79 Å². The molecule has 7 heteroatoms. The lowest BCUT2D eigenvalue weighted by molar-refractivity contribution is -0.119. The summed E-state index contributed by atoms with van der Waals surface area (Å²) in [7, 11) is 0. The van der Waals surface area contributed by atoms with Crippen molar-refractivity contribution in [2.75, 3.05) is 23.3 Å². The Bertz CT molecular complexity index is 876. The number of nitrogens with zero attached hydrogens (tertiary/aromatic N) is 3. The largest absolute Gasteiger partial charge is 0.372 e. The van der Waals surface area contributed by atoms with Crippen LogP contribution < -0.4 is 15.5 Å². The Kier molecular flexibility index (Phi) is 6.45. The maximum absolute atomic E-state index is 14.6. The molecule has 30 heavy (non-hydrogen) atoms. The molecule has 6 nitrogen and oxygen atoms in total. The molecular formula is C23H30FN5O. The number of anilines is 2. The van der Waals surface area contributed by atoms with Gasteiger partial charge in [0.15, 0.2) is 5.82 Å². The summed E-state index contributed by atoms with van der Waals surface area (Å²) in [4.78, 5) is 22.3. The zero-order chi connectivity index (χ0) is 20.9. The van der Waals surface area contributed by atoms with Crippen LogP contribution in [0.15, 0.2) is 30.5 Å². The van der Waals surface area contributed by atoms with Gasteiger partial charge in [0.05, 0.1) is 6.20 Å². The van der Waals surface area contributed by atoms with Crippen LogP contribution in [0.3, 0.4) is 0 Å². The van der Waals surface area contributed by atoms with E-state index in [1.54, 1.807) is 6.92 Å². The second-order valence-electron chi connectivity index (χ2n) is 8.38. The third kappa shape index (κ3) is 5.07. The number of hydrogen-bond acceptors (Lipinski definition) is 5. The van der Waals surface area contributed by atoms with Crippen molar-refractivity contribution in [3.63, 3.8) is 0 Å². The molecule has 0 atom stereocenters. The third-order valence-corrected chi connectivity index (χ3v) is 6.05. The molecule has 1 amide bonds. The number of aromatic nitrogens is 2.